The van der Waals surface area contributed by atoms with Crippen molar-refractivity contribution in [3.8, 4) is 17.1 Å². The molecule has 0 fully saturated rings. The number of hydrogen-bond donors (Lipinski definition) is 1. The molecule has 4 aromatic carbocycles. The maximum absolute atomic E-state index is 13.1. The van der Waals surface area contributed by atoms with Gasteiger partial charge in [-0.1, -0.05) is 30.3 Å². The third-order valence-corrected chi connectivity index (χ3v) is 8.83. The summed E-state index contributed by atoms with van der Waals surface area (Å²) in [4.78, 5) is 17.9. The zero-order chi connectivity index (χ0) is 29.4. The van der Waals surface area contributed by atoms with E-state index in [2.05, 4.69) is 51.1 Å². The minimum Gasteiger partial charge on any atom is -0.495 e. The van der Waals surface area contributed by atoms with E-state index < -0.39 is 15.9 Å². The standard InChI is InChI=1S/C32H30N4O5S/c1-4-35-26-10-6-5-9-23(26)24-19-21(13-15-27(24)35)31-33-25-20-22(14-16-28(25)36(31)17-18-40-2)32(37)34-42(38,39)30-12-8-7-11-29(30)41-3/h5-16,19-20H,4,17-18H2,1-3H3,(H,34,37). The average molecular weight is 583 g/mol. The van der Waals surface area contributed by atoms with Gasteiger partial charge in [0.2, 0.25) is 0 Å². The van der Waals surface area contributed by atoms with Crippen LogP contribution in [0, 0.1) is 0 Å². The molecule has 1 amide bonds. The summed E-state index contributed by atoms with van der Waals surface area (Å²) in [5.41, 5.74) is 4.81. The van der Waals surface area contributed by atoms with E-state index in [4.69, 9.17) is 14.5 Å². The molecular formula is C32H30N4O5S. The van der Waals surface area contributed by atoms with Crippen molar-refractivity contribution in [1.29, 1.82) is 0 Å². The molecule has 0 saturated carbocycles. The second-order valence-corrected chi connectivity index (χ2v) is 11.5. The number of amides is 1. The smallest absolute Gasteiger partial charge is 0.268 e. The average Bonchev–Trinajstić information content (AvgIpc) is 3.54. The fourth-order valence-electron chi connectivity index (χ4n) is 5.51. The Morgan fingerprint density at radius 2 is 1.60 bits per heavy atom. The fourth-order valence-corrected chi connectivity index (χ4v) is 6.66. The second kappa shape index (κ2) is 11.0. The Hall–Kier alpha value is -4.67. The highest BCUT2D eigenvalue weighted by Gasteiger charge is 2.23. The molecule has 6 rings (SSSR count). The number of nitrogens with one attached hydrogen (secondary N) is 1. The van der Waals surface area contributed by atoms with E-state index in [1.807, 2.05) is 12.1 Å². The number of nitrogens with zero attached hydrogens (tertiary/aromatic N) is 3. The van der Waals surface area contributed by atoms with Crippen molar-refractivity contribution in [2.24, 2.45) is 0 Å². The molecule has 0 aliphatic rings. The first-order valence-corrected chi connectivity index (χ1v) is 15.1. The van der Waals surface area contributed by atoms with Gasteiger partial charge in [-0.05, 0) is 61.5 Å². The minimum absolute atomic E-state index is 0.118. The van der Waals surface area contributed by atoms with Crippen LogP contribution in [0.3, 0.4) is 0 Å². The van der Waals surface area contributed by atoms with Gasteiger partial charge in [0.15, 0.2) is 0 Å². The van der Waals surface area contributed by atoms with Crippen LogP contribution in [0.4, 0.5) is 0 Å². The summed E-state index contributed by atoms with van der Waals surface area (Å²) in [6.45, 7) is 4.01. The van der Waals surface area contributed by atoms with Crippen LogP contribution in [0.25, 0.3) is 44.2 Å². The zero-order valence-corrected chi connectivity index (χ0v) is 24.3. The van der Waals surface area contributed by atoms with E-state index in [-0.39, 0.29) is 16.2 Å². The van der Waals surface area contributed by atoms with E-state index in [0.29, 0.717) is 18.7 Å². The predicted octanol–water partition coefficient (Wildman–Crippen LogP) is 5.60. The number of imidazole rings is 1. The van der Waals surface area contributed by atoms with Gasteiger partial charge in [0.05, 0.1) is 24.8 Å². The number of aromatic nitrogens is 3. The Bertz CT molecular complexity index is 2080. The van der Waals surface area contributed by atoms with Crippen molar-refractivity contribution in [3.05, 3.63) is 90.5 Å². The maximum atomic E-state index is 13.1. The van der Waals surface area contributed by atoms with E-state index >= 15 is 0 Å². The lowest BCUT2D eigenvalue weighted by Crippen LogP contribution is -2.30. The van der Waals surface area contributed by atoms with Gasteiger partial charge in [-0.3, -0.25) is 4.79 Å². The van der Waals surface area contributed by atoms with E-state index in [1.165, 1.54) is 30.1 Å². The lowest BCUT2D eigenvalue weighted by molar-refractivity contribution is 0.0981. The molecular weight excluding hydrogens is 552 g/mol. The zero-order valence-electron chi connectivity index (χ0n) is 23.5. The molecule has 0 aliphatic heterocycles. The summed E-state index contributed by atoms with van der Waals surface area (Å²) in [6.07, 6.45) is 0. The Balaban J connectivity index is 1.42. The fraction of sp³-hybridized carbons (Fsp3) is 0.188. The summed E-state index contributed by atoms with van der Waals surface area (Å²) in [6, 6.07) is 25.8. The number of fused-ring (bicyclic) bond motifs is 4. The second-order valence-electron chi connectivity index (χ2n) is 9.86. The first-order chi connectivity index (χ1) is 20.4. The quantitative estimate of drug-likeness (QED) is 0.238. The molecule has 0 unspecified atom stereocenters. The van der Waals surface area contributed by atoms with Gasteiger partial charge in [-0.15, -0.1) is 0 Å². The number of hydrogen-bond acceptors (Lipinski definition) is 6. The van der Waals surface area contributed by atoms with Crippen molar-refractivity contribution < 1.29 is 22.7 Å². The van der Waals surface area contributed by atoms with Crippen LogP contribution in [-0.2, 0) is 27.8 Å². The molecule has 0 atom stereocenters. The highest BCUT2D eigenvalue weighted by molar-refractivity contribution is 7.90. The topological polar surface area (TPSA) is 104 Å². The van der Waals surface area contributed by atoms with Crippen LogP contribution in [0.15, 0.2) is 89.8 Å². The molecule has 0 radical (unpaired) electrons. The molecule has 0 spiro atoms. The van der Waals surface area contributed by atoms with Gasteiger partial charge in [-0.2, -0.15) is 0 Å². The molecule has 0 saturated heterocycles. The summed E-state index contributed by atoms with van der Waals surface area (Å²) < 4.78 is 43.1. The van der Waals surface area contributed by atoms with Crippen LogP contribution in [0.1, 0.15) is 17.3 Å². The van der Waals surface area contributed by atoms with Crippen molar-refractivity contribution in [2.45, 2.75) is 24.9 Å². The van der Waals surface area contributed by atoms with Crippen LogP contribution in [-0.4, -0.2) is 49.3 Å². The highest BCUT2D eigenvalue weighted by Crippen LogP contribution is 2.34. The molecule has 6 aromatic rings. The Morgan fingerprint density at radius 1 is 0.857 bits per heavy atom. The highest BCUT2D eigenvalue weighted by atomic mass is 32.2. The Labute approximate surface area is 243 Å². The van der Waals surface area contributed by atoms with E-state index in [1.54, 1.807) is 37.4 Å². The molecule has 10 heteroatoms. The van der Waals surface area contributed by atoms with Gasteiger partial charge in [-0.25, -0.2) is 18.1 Å². The molecule has 0 bridgehead atoms. The van der Waals surface area contributed by atoms with Crippen molar-refractivity contribution in [2.75, 3.05) is 20.8 Å². The van der Waals surface area contributed by atoms with Gasteiger partial charge in [0, 0.05) is 53.1 Å². The number of carbonyl (C=O) groups excluding carboxylic acids is 1. The molecule has 42 heavy (non-hydrogen) atoms. The van der Waals surface area contributed by atoms with Crippen LogP contribution in [0.5, 0.6) is 5.75 Å². The normalized spacial score (nSPS) is 11.9. The number of rotatable bonds is 9. The number of carbonyl (C=O) groups is 1. The van der Waals surface area contributed by atoms with E-state index in [9.17, 15) is 13.2 Å². The van der Waals surface area contributed by atoms with E-state index in [0.717, 1.165) is 34.4 Å². The molecule has 1 N–H and O–H groups in total. The van der Waals surface area contributed by atoms with Crippen molar-refractivity contribution in [3.63, 3.8) is 0 Å². The number of para-hydroxylation sites is 2. The van der Waals surface area contributed by atoms with Crippen LogP contribution < -0.4 is 9.46 Å². The Kier molecular flexibility index (Phi) is 7.17. The Morgan fingerprint density at radius 3 is 2.38 bits per heavy atom. The molecule has 2 aromatic heterocycles. The van der Waals surface area contributed by atoms with Crippen molar-refractivity contribution >= 4 is 48.8 Å². The van der Waals surface area contributed by atoms with Gasteiger partial charge in [0.25, 0.3) is 15.9 Å². The van der Waals surface area contributed by atoms with Gasteiger partial charge < -0.3 is 18.6 Å². The lowest BCUT2D eigenvalue weighted by atomic mass is 10.1. The number of methoxy groups -OCH3 is 2. The molecule has 214 valence electrons. The van der Waals surface area contributed by atoms with Gasteiger partial charge >= 0.3 is 0 Å². The number of ether oxygens (including phenoxy) is 2. The van der Waals surface area contributed by atoms with Crippen molar-refractivity contribution in [1.82, 2.24) is 18.8 Å². The van der Waals surface area contributed by atoms with Gasteiger partial charge in [0.1, 0.15) is 16.5 Å². The number of aryl methyl sites for hydroxylation is 1. The minimum atomic E-state index is -4.17. The summed E-state index contributed by atoms with van der Waals surface area (Å²) >= 11 is 0. The summed E-state index contributed by atoms with van der Waals surface area (Å²) in [5.74, 6) is 0.120. The first kappa shape index (κ1) is 27.5. The predicted molar refractivity (Wildman–Crippen MR) is 163 cm³/mol. The third kappa shape index (κ3) is 4.68. The van der Waals surface area contributed by atoms with Crippen LogP contribution >= 0.6 is 0 Å². The first-order valence-electron chi connectivity index (χ1n) is 13.6. The summed E-state index contributed by atoms with van der Waals surface area (Å²) in [5, 5.41) is 2.31. The number of benzene rings is 4. The molecule has 2 heterocycles. The lowest BCUT2D eigenvalue weighted by Gasteiger charge is -2.11. The monoisotopic (exact) mass is 582 g/mol. The van der Waals surface area contributed by atoms with Crippen LogP contribution in [0.2, 0.25) is 0 Å². The SMILES string of the molecule is CCn1c2ccccc2c2cc(-c3nc4cc(C(=O)NS(=O)(=O)c5ccccc5OC)ccc4n3CCOC)ccc21. The maximum Gasteiger partial charge on any atom is 0.268 e. The molecule has 0 aliphatic carbocycles. The summed E-state index contributed by atoms with van der Waals surface area (Å²) in [7, 11) is -1.15. The largest absolute Gasteiger partial charge is 0.495 e. The molecule has 9 nitrogen and oxygen atoms in total. The third-order valence-electron chi connectivity index (χ3n) is 7.46. The number of sulfonamides is 1.